The summed E-state index contributed by atoms with van der Waals surface area (Å²) in [7, 11) is 0. The van der Waals surface area contributed by atoms with Crippen LogP contribution in [-0.2, 0) is 14.3 Å². The van der Waals surface area contributed by atoms with E-state index in [1.54, 1.807) is 0 Å². The third kappa shape index (κ3) is 2.62. The van der Waals surface area contributed by atoms with E-state index in [1.165, 1.54) is 13.0 Å². The van der Waals surface area contributed by atoms with E-state index in [4.69, 9.17) is 9.84 Å². The number of halogens is 2. The zero-order valence-electron chi connectivity index (χ0n) is 18.7. The summed E-state index contributed by atoms with van der Waals surface area (Å²) in [5.74, 6) is -3.22. The Kier molecular flexibility index (Phi) is 5.37. The second-order valence-corrected chi connectivity index (χ2v) is 10.4. The fraction of sp³-hybridized carbons (Fsp3) is 0.750. The molecule has 6 nitrogen and oxygen atoms in total. The number of rotatable bonds is 5. The van der Waals surface area contributed by atoms with Gasteiger partial charge in [-0.3, -0.25) is 9.59 Å². The van der Waals surface area contributed by atoms with Gasteiger partial charge in [0.2, 0.25) is 5.78 Å². The largest absolute Gasteiger partial charge is 0.481 e. The van der Waals surface area contributed by atoms with Crippen molar-refractivity contribution in [1.29, 1.82) is 0 Å². The van der Waals surface area contributed by atoms with Crippen LogP contribution in [0.15, 0.2) is 23.5 Å². The number of carbonyl (C=O) groups excluding carboxylic acids is 1. The number of ketones is 1. The number of ether oxygens (including phenoxy) is 1. The first-order chi connectivity index (χ1) is 14.9. The summed E-state index contributed by atoms with van der Waals surface area (Å²) in [6.45, 7) is 4.39. The molecule has 0 aromatic carbocycles. The van der Waals surface area contributed by atoms with Crippen molar-refractivity contribution < 1.29 is 38.4 Å². The predicted octanol–water partition coefficient (Wildman–Crippen LogP) is 3.47. The first-order valence-electron chi connectivity index (χ1n) is 11.4. The van der Waals surface area contributed by atoms with E-state index in [9.17, 15) is 19.8 Å². The number of hydrogen-bond donors (Lipinski definition) is 3. The molecule has 8 atom stereocenters. The summed E-state index contributed by atoms with van der Waals surface area (Å²) in [6, 6.07) is 0. The standard InChI is InChI=1S/C24H32F2O6/c1-4-6-23(20(30)31)7-5-13-14-8-16(25)15-9-17(28)18(32-12-27)10-22(15,3)24(14,26)19(29)11-21(13,23)2/h9-10,13-14,16,19,27,29H,4-8,11-12H2,1-3H3,(H,30,31)/t13?,14?,16-,19-,21-,22-,23+,24-/m0/s1. The normalized spacial score (nSPS) is 47.7. The molecular formula is C24H32F2O6. The Balaban J connectivity index is 1.86. The molecule has 4 aliphatic rings. The molecule has 4 rings (SSSR count). The Morgan fingerprint density at radius 3 is 2.59 bits per heavy atom. The molecule has 0 aromatic rings. The van der Waals surface area contributed by atoms with Crippen molar-refractivity contribution in [1.82, 2.24) is 0 Å². The lowest BCUT2D eigenvalue weighted by atomic mass is 9.43. The molecule has 4 aliphatic carbocycles. The molecule has 0 saturated heterocycles. The van der Waals surface area contributed by atoms with Gasteiger partial charge < -0.3 is 20.1 Å². The first kappa shape index (κ1) is 23.4. The zero-order valence-corrected chi connectivity index (χ0v) is 18.7. The van der Waals surface area contributed by atoms with Crippen molar-refractivity contribution >= 4 is 11.8 Å². The van der Waals surface area contributed by atoms with Gasteiger partial charge in [-0.2, -0.15) is 0 Å². The maximum absolute atomic E-state index is 17.2. The minimum absolute atomic E-state index is 0.0368. The third-order valence-electron chi connectivity index (χ3n) is 9.37. The smallest absolute Gasteiger partial charge is 0.310 e. The van der Waals surface area contributed by atoms with E-state index in [2.05, 4.69) is 0 Å². The van der Waals surface area contributed by atoms with Gasteiger partial charge in [0, 0.05) is 5.92 Å². The highest BCUT2D eigenvalue weighted by Gasteiger charge is 2.75. The molecule has 0 aliphatic heterocycles. The number of carbonyl (C=O) groups is 2. The quantitative estimate of drug-likeness (QED) is 0.550. The van der Waals surface area contributed by atoms with Crippen LogP contribution < -0.4 is 0 Å². The molecule has 8 heteroatoms. The second kappa shape index (κ2) is 7.35. The molecule has 3 N–H and O–H groups in total. The van der Waals surface area contributed by atoms with Gasteiger partial charge in [-0.05, 0) is 68.1 Å². The summed E-state index contributed by atoms with van der Waals surface area (Å²) in [5.41, 5.74) is -5.98. The second-order valence-electron chi connectivity index (χ2n) is 10.4. The topological polar surface area (TPSA) is 104 Å². The zero-order chi connectivity index (χ0) is 23.7. The average molecular weight is 455 g/mol. The Morgan fingerprint density at radius 2 is 2.00 bits per heavy atom. The molecule has 0 radical (unpaired) electrons. The molecule has 0 heterocycles. The Labute approximate surface area is 186 Å². The van der Waals surface area contributed by atoms with Gasteiger partial charge in [0.25, 0.3) is 0 Å². The van der Waals surface area contributed by atoms with Gasteiger partial charge >= 0.3 is 5.97 Å². The molecular weight excluding hydrogens is 422 g/mol. The highest BCUT2D eigenvalue weighted by Crippen LogP contribution is 2.72. The minimum Gasteiger partial charge on any atom is -0.481 e. The number of alkyl halides is 2. The maximum Gasteiger partial charge on any atom is 0.310 e. The summed E-state index contributed by atoms with van der Waals surface area (Å²) < 4.78 is 37.7. The summed E-state index contributed by atoms with van der Waals surface area (Å²) >= 11 is 0. The number of aliphatic hydroxyl groups is 2. The number of carboxylic acid groups (broad SMARTS) is 1. The molecule has 0 aromatic heterocycles. The van der Waals surface area contributed by atoms with Crippen molar-refractivity contribution in [3.05, 3.63) is 23.5 Å². The van der Waals surface area contributed by atoms with Gasteiger partial charge in [0.05, 0.1) is 16.9 Å². The Bertz CT molecular complexity index is 901. The van der Waals surface area contributed by atoms with Crippen molar-refractivity contribution in [2.45, 2.75) is 77.2 Å². The summed E-state index contributed by atoms with van der Waals surface area (Å²) in [4.78, 5) is 24.8. The number of hydrogen-bond acceptors (Lipinski definition) is 5. The molecule has 0 spiro atoms. The fourth-order valence-electron chi connectivity index (χ4n) is 7.86. The number of aliphatic carboxylic acids is 1. The van der Waals surface area contributed by atoms with Crippen LogP contribution in [0.5, 0.6) is 0 Å². The van der Waals surface area contributed by atoms with Crippen LogP contribution >= 0.6 is 0 Å². The summed E-state index contributed by atoms with van der Waals surface area (Å²) in [6.07, 6.45) is 0.656. The maximum atomic E-state index is 17.2. The van der Waals surface area contributed by atoms with Crippen molar-refractivity contribution in [3.8, 4) is 0 Å². The van der Waals surface area contributed by atoms with Crippen molar-refractivity contribution in [2.75, 3.05) is 6.79 Å². The van der Waals surface area contributed by atoms with Crippen LogP contribution in [0.3, 0.4) is 0 Å². The molecule has 3 saturated carbocycles. The van der Waals surface area contributed by atoms with Gasteiger partial charge in [-0.15, -0.1) is 0 Å². The van der Waals surface area contributed by atoms with E-state index in [-0.39, 0.29) is 24.2 Å². The van der Waals surface area contributed by atoms with E-state index in [0.29, 0.717) is 25.7 Å². The van der Waals surface area contributed by atoms with Gasteiger partial charge in [-0.1, -0.05) is 20.3 Å². The van der Waals surface area contributed by atoms with Crippen molar-refractivity contribution in [3.63, 3.8) is 0 Å². The molecule has 2 unspecified atom stereocenters. The van der Waals surface area contributed by atoms with E-state index < -0.39 is 64.6 Å². The molecule has 0 amide bonds. The number of allylic oxidation sites excluding steroid dienone is 3. The number of fused-ring (bicyclic) bond motifs is 5. The van der Waals surface area contributed by atoms with E-state index in [0.717, 1.165) is 6.08 Å². The van der Waals surface area contributed by atoms with Crippen LogP contribution in [0.2, 0.25) is 0 Å². The lowest BCUT2D eigenvalue weighted by molar-refractivity contribution is -0.216. The lowest BCUT2D eigenvalue weighted by Gasteiger charge is -2.63. The average Bonchev–Trinajstić information content (AvgIpc) is 3.00. The Hall–Kier alpha value is -1.80. The highest BCUT2D eigenvalue weighted by molar-refractivity contribution is 6.04. The van der Waals surface area contributed by atoms with Gasteiger partial charge in [-0.25, -0.2) is 8.78 Å². The molecule has 3 fully saturated rings. The number of carboxylic acids is 1. The van der Waals surface area contributed by atoms with E-state index >= 15 is 8.78 Å². The third-order valence-corrected chi connectivity index (χ3v) is 9.37. The Morgan fingerprint density at radius 1 is 1.31 bits per heavy atom. The van der Waals surface area contributed by atoms with Gasteiger partial charge in [0.15, 0.2) is 18.2 Å². The van der Waals surface area contributed by atoms with Crippen molar-refractivity contribution in [2.24, 2.45) is 28.1 Å². The molecule has 178 valence electrons. The monoisotopic (exact) mass is 454 g/mol. The minimum atomic E-state index is -2.31. The summed E-state index contributed by atoms with van der Waals surface area (Å²) in [5, 5.41) is 30.6. The highest BCUT2D eigenvalue weighted by atomic mass is 19.1. The van der Waals surface area contributed by atoms with Crippen LogP contribution in [0.1, 0.15) is 59.3 Å². The van der Waals surface area contributed by atoms with Crippen LogP contribution in [0.4, 0.5) is 8.78 Å². The first-order valence-corrected chi connectivity index (χ1v) is 11.4. The fourth-order valence-corrected chi connectivity index (χ4v) is 7.86. The number of aliphatic hydroxyl groups excluding tert-OH is 2. The van der Waals surface area contributed by atoms with Crippen LogP contribution in [0, 0.1) is 28.1 Å². The van der Waals surface area contributed by atoms with Crippen LogP contribution in [-0.4, -0.2) is 51.8 Å². The lowest BCUT2D eigenvalue weighted by Crippen LogP contribution is -2.69. The van der Waals surface area contributed by atoms with Gasteiger partial charge in [0.1, 0.15) is 6.17 Å². The molecule has 0 bridgehead atoms. The SMILES string of the molecule is CCC[C@]1(C(=O)O)CCC2C3C[C@H](F)C4=CC(=O)C(OCO)=C[C@]4(C)[C@@]3(F)[C@@H](O)C[C@@]21C. The molecule has 32 heavy (non-hydrogen) atoms. The van der Waals surface area contributed by atoms with E-state index in [1.807, 2.05) is 13.8 Å². The van der Waals surface area contributed by atoms with Crippen LogP contribution in [0.25, 0.3) is 0 Å². The predicted molar refractivity (Wildman–Crippen MR) is 111 cm³/mol.